The quantitative estimate of drug-likeness (QED) is 0.355. The van der Waals surface area contributed by atoms with Gasteiger partial charge in [-0.05, 0) is 35.4 Å². The van der Waals surface area contributed by atoms with Crippen molar-refractivity contribution in [2.45, 2.75) is 0 Å². The van der Waals surface area contributed by atoms with Gasteiger partial charge in [-0.1, -0.05) is 24.3 Å². The van der Waals surface area contributed by atoms with Crippen LogP contribution in [-0.2, 0) is 9.53 Å². The van der Waals surface area contributed by atoms with Gasteiger partial charge in [-0.3, -0.25) is 10.1 Å². The molecule has 130 valence electrons. The number of carbonyl (C=O) groups is 1. The first kappa shape index (κ1) is 17.1. The first-order valence-corrected chi connectivity index (χ1v) is 7.64. The minimum Gasteiger partial charge on any atom is -0.497 e. The van der Waals surface area contributed by atoms with Gasteiger partial charge in [0.05, 0.1) is 12.0 Å². The molecule has 0 amide bonds. The van der Waals surface area contributed by atoms with Crippen LogP contribution < -0.4 is 4.74 Å². The highest BCUT2D eigenvalue weighted by atomic mass is 16.6. The van der Waals surface area contributed by atoms with Crippen molar-refractivity contribution in [2.24, 2.45) is 4.99 Å². The Labute approximate surface area is 149 Å². The van der Waals surface area contributed by atoms with Crippen LogP contribution in [0.25, 0.3) is 12.2 Å². The van der Waals surface area contributed by atoms with Crippen LogP contribution in [0.15, 0.2) is 65.3 Å². The smallest absolute Gasteiger partial charge is 0.363 e. The van der Waals surface area contributed by atoms with E-state index < -0.39 is 10.9 Å². The monoisotopic (exact) mass is 350 g/mol. The minimum atomic E-state index is -0.563. The van der Waals surface area contributed by atoms with Crippen molar-refractivity contribution in [3.63, 3.8) is 0 Å². The third-order valence-corrected chi connectivity index (χ3v) is 3.53. The van der Waals surface area contributed by atoms with Crippen LogP contribution in [0.5, 0.6) is 5.75 Å². The Kier molecular flexibility index (Phi) is 4.89. The molecule has 1 aliphatic heterocycles. The van der Waals surface area contributed by atoms with Crippen LogP contribution >= 0.6 is 0 Å². The fourth-order valence-electron chi connectivity index (χ4n) is 2.30. The predicted molar refractivity (Wildman–Crippen MR) is 96.6 cm³/mol. The van der Waals surface area contributed by atoms with Gasteiger partial charge >= 0.3 is 5.97 Å². The van der Waals surface area contributed by atoms with E-state index in [9.17, 15) is 14.9 Å². The second kappa shape index (κ2) is 7.43. The second-order valence-corrected chi connectivity index (χ2v) is 5.33. The van der Waals surface area contributed by atoms with Crippen molar-refractivity contribution >= 4 is 29.7 Å². The lowest BCUT2D eigenvalue weighted by Gasteiger charge is -2.00. The lowest BCUT2D eigenvalue weighted by atomic mass is 10.2. The third kappa shape index (κ3) is 4.02. The number of methoxy groups -OCH3 is 1. The number of ether oxygens (including phenoxy) is 2. The van der Waals surface area contributed by atoms with Crippen molar-refractivity contribution in [2.75, 3.05) is 7.11 Å². The number of aliphatic imine (C=N–C) groups is 1. The van der Waals surface area contributed by atoms with E-state index in [2.05, 4.69) is 4.99 Å². The number of hydrogen-bond acceptors (Lipinski definition) is 6. The maximum atomic E-state index is 11.9. The lowest BCUT2D eigenvalue weighted by molar-refractivity contribution is -0.384. The lowest BCUT2D eigenvalue weighted by Crippen LogP contribution is -2.01. The van der Waals surface area contributed by atoms with Crippen molar-refractivity contribution in [3.05, 3.63) is 81.5 Å². The SMILES string of the molecule is COc1cccc(C=C2N=C(C=Cc3cccc([N+](=O)[O-])c3)OC2=O)c1. The normalized spacial score (nSPS) is 15.2. The van der Waals surface area contributed by atoms with E-state index in [1.54, 1.807) is 49.6 Å². The number of non-ortho nitro benzene ring substituents is 1. The molecule has 26 heavy (non-hydrogen) atoms. The molecule has 0 N–H and O–H groups in total. The number of nitro benzene ring substituents is 1. The number of carbonyl (C=O) groups excluding carboxylic acids is 1. The Morgan fingerprint density at radius 1 is 1.12 bits per heavy atom. The predicted octanol–water partition coefficient (Wildman–Crippen LogP) is 3.61. The first-order chi connectivity index (χ1) is 12.5. The maximum absolute atomic E-state index is 11.9. The summed E-state index contributed by atoms with van der Waals surface area (Å²) in [6.45, 7) is 0. The molecule has 0 spiro atoms. The van der Waals surface area contributed by atoms with Gasteiger partial charge in [0, 0.05) is 18.2 Å². The van der Waals surface area contributed by atoms with Crippen LogP contribution in [0.1, 0.15) is 11.1 Å². The van der Waals surface area contributed by atoms with Crippen LogP contribution in [0.4, 0.5) is 5.69 Å². The molecular weight excluding hydrogens is 336 g/mol. The summed E-state index contributed by atoms with van der Waals surface area (Å²) in [5, 5.41) is 10.8. The second-order valence-electron chi connectivity index (χ2n) is 5.33. The summed E-state index contributed by atoms with van der Waals surface area (Å²) in [6, 6.07) is 13.3. The maximum Gasteiger partial charge on any atom is 0.363 e. The molecule has 0 radical (unpaired) electrons. The molecule has 0 fully saturated rings. The Morgan fingerprint density at radius 2 is 1.88 bits per heavy atom. The summed E-state index contributed by atoms with van der Waals surface area (Å²) in [5.41, 5.74) is 1.50. The van der Waals surface area contributed by atoms with Crippen molar-refractivity contribution in [1.82, 2.24) is 0 Å². The molecule has 2 aromatic rings. The molecule has 2 aromatic carbocycles. The molecule has 0 saturated heterocycles. The van der Waals surface area contributed by atoms with Gasteiger partial charge in [0.15, 0.2) is 5.70 Å². The van der Waals surface area contributed by atoms with Gasteiger partial charge in [0.2, 0.25) is 5.90 Å². The Balaban J connectivity index is 1.80. The number of rotatable bonds is 5. The summed E-state index contributed by atoms with van der Waals surface area (Å²) in [7, 11) is 1.56. The number of nitro groups is 1. The molecule has 0 unspecified atom stereocenters. The first-order valence-electron chi connectivity index (χ1n) is 7.64. The van der Waals surface area contributed by atoms with Gasteiger partial charge in [-0.2, -0.15) is 0 Å². The van der Waals surface area contributed by atoms with E-state index in [-0.39, 0.29) is 17.3 Å². The summed E-state index contributed by atoms with van der Waals surface area (Å²) in [5.74, 6) is 0.225. The highest BCUT2D eigenvalue weighted by molar-refractivity contribution is 6.11. The summed E-state index contributed by atoms with van der Waals surface area (Å²) < 4.78 is 10.2. The van der Waals surface area contributed by atoms with Gasteiger partial charge in [0.25, 0.3) is 5.69 Å². The average Bonchev–Trinajstić information content (AvgIpc) is 3.00. The van der Waals surface area contributed by atoms with E-state index in [0.717, 1.165) is 5.56 Å². The van der Waals surface area contributed by atoms with Gasteiger partial charge in [0.1, 0.15) is 5.75 Å². The zero-order chi connectivity index (χ0) is 18.5. The highest BCUT2D eigenvalue weighted by Gasteiger charge is 2.21. The number of hydrogen-bond donors (Lipinski definition) is 0. The number of esters is 1. The average molecular weight is 350 g/mol. The molecule has 1 aliphatic rings. The standard InChI is InChI=1S/C19H14N2O5/c1-25-16-7-3-5-14(11-16)12-17-19(22)26-18(20-17)9-8-13-4-2-6-15(10-13)21(23)24/h2-12H,1H3. The molecule has 0 bridgehead atoms. The van der Waals surface area contributed by atoms with Crippen LogP contribution in [-0.4, -0.2) is 23.9 Å². The van der Waals surface area contributed by atoms with Crippen molar-refractivity contribution < 1.29 is 19.2 Å². The van der Waals surface area contributed by atoms with E-state index in [4.69, 9.17) is 9.47 Å². The minimum absolute atomic E-state index is 0.0175. The molecule has 7 nitrogen and oxygen atoms in total. The topological polar surface area (TPSA) is 91.0 Å². The Hall–Kier alpha value is -3.74. The van der Waals surface area contributed by atoms with Gasteiger partial charge < -0.3 is 9.47 Å². The molecule has 0 atom stereocenters. The van der Waals surface area contributed by atoms with Gasteiger partial charge in [-0.25, -0.2) is 9.79 Å². The summed E-state index contributed by atoms with van der Waals surface area (Å²) >= 11 is 0. The largest absolute Gasteiger partial charge is 0.497 e. The zero-order valence-corrected chi connectivity index (χ0v) is 13.8. The van der Waals surface area contributed by atoms with E-state index in [1.807, 2.05) is 6.07 Å². The number of benzene rings is 2. The summed E-state index contributed by atoms with van der Waals surface area (Å²) in [4.78, 5) is 26.4. The van der Waals surface area contributed by atoms with Crippen molar-refractivity contribution in [3.8, 4) is 5.75 Å². The fraction of sp³-hybridized carbons (Fsp3) is 0.0526. The molecular formula is C19H14N2O5. The molecule has 1 heterocycles. The van der Waals surface area contributed by atoms with Crippen LogP contribution in [0, 0.1) is 10.1 Å². The van der Waals surface area contributed by atoms with E-state index in [1.165, 1.54) is 18.2 Å². The van der Waals surface area contributed by atoms with Gasteiger partial charge in [-0.15, -0.1) is 0 Å². The van der Waals surface area contributed by atoms with E-state index in [0.29, 0.717) is 11.3 Å². The zero-order valence-electron chi connectivity index (χ0n) is 13.8. The Bertz CT molecular complexity index is 960. The summed E-state index contributed by atoms with van der Waals surface area (Å²) in [6.07, 6.45) is 4.68. The molecule has 0 aromatic heterocycles. The van der Waals surface area contributed by atoms with Crippen molar-refractivity contribution in [1.29, 1.82) is 0 Å². The molecule has 0 saturated carbocycles. The molecule has 7 heteroatoms. The number of nitrogens with zero attached hydrogens (tertiary/aromatic N) is 2. The third-order valence-electron chi connectivity index (χ3n) is 3.53. The van der Waals surface area contributed by atoms with E-state index >= 15 is 0 Å². The highest BCUT2D eigenvalue weighted by Crippen LogP contribution is 2.20. The molecule has 0 aliphatic carbocycles. The fourth-order valence-corrected chi connectivity index (χ4v) is 2.30. The Morgan fingerprint density at radius 3 is 2.65 bits per heavy atom. The van der Waals surface area contributed by atoms with Crippen LogP contribution in [0.3, 0.4) is 0 Å². The number of cyclic esters (lactones) is 1. The van der Waals surface area contributed by atoms with Crippen LogP contribution in [0.2, 0.25) is 0 Å². The molecule has 3 rings (SSSR count).